The second-order valence-electron chi connectivity index (χ2n) is 4.37. The SMILES string of the molecule is CC(C)CNC1(C(N)=O)CCSC1C. The topological polar surface area (TPSA) is 55.1 Å². The summed E-state index contributed by atoms with van der Waals surface area (Å²) in [5, 5.41) is 3.64. The molecule has 1 heterocycles. The highest BCUT2D eigenvalue weighted by Gasteiger charge is 2.45. The van der Waals surface area contributed by atoms with E-state index in [9.17, 15) is 4.79 Å². The van der Waals surface area contributed by atoms with E-state index in [4.69, 9.17) is 5.73 Å². The van der Waals surface area contributed by atoms with Gasteiger partial charge < -0.3 is 11.1 Å². The first kappa shape index (κ1) is 11.9. The molecule has 3 N–H and O–H groups in total. The number of hydrogen-bond donors (Lipinski definition) is 2. The fraction of sp³-hybridized carbons (Fsp3) is 0.900. The summed E-state index contributed by atoms with van der Waals surface area (Å²) in [6.45, 7) is 7.20. The van der Waals surface area contributed by atoms with Crippen LogP contribution >= 0.6 is 11.8 Å². The highest BCUT2D eigenvalue weighted by atomic mass is 32.2. The molecule has 0 spiro atoms. The van der Waals surface area contributed by atoms with Crippen LogP contribution in [-0.4, -0.2) is 29.0 Å². The van der Waals surface area contributed by atoms with Gasteiger partial charge in [-0.1, -0.05) is 20.8 Å². The van der Waals surface area contributed by atoms with Crippen LogP contribution in [0.25, 0.3) is 0 Å². The molecule has 4 heteroatoms. The Labute approximate surface area is 90.2 Å². The smallest absolute Gasteiger partial charge is 0.238 e. The first-order chi connectivity index (χ1) is 6.49. The van der Waals surface area contributed by atoms with Crippen LogP contribution in [0, 0.1) is 5.92 Å². The van der Waals surface area contributed by atoms with E-state index in [1.165, 1.54) is 0 Å². The lowest BCUT2D eigenvalue weighted by Gasteiger charge is -2.31. The molecule has 14 heavy (non-hydrogen) atoms. The second-order valence-corrected chi connectivity index (χ2v) is 5.82. The number of primary amides is 1. The van der Waals surface area contributed by atoms with Gasteiger partial charge in [0.1, 0.15) is 5.54 Å². The summed E-state index contributed by atoms with van der Waals surface area (Å²) in [7, 11) is 0. The van der Waals surface area contributed by atoms with Crippen molar-refractivity contribution in [3.63, 3.8) is 0 Å². The van der Waals surface area contributed by atoms with Crippen molar-refractivity contribution in [1.82, 2.24) is 5.32 Å². The molecule has 1 saturated heterocycles. The fourth-order valence-electron chi connectivity index (χ4n) is 1.77. The Kier molecular flexibility index (Phi) is 3.84. The first-order valence-electron chi connectivity index (χ1n) is 5.15. The predicted octanol–water partition coefficient (Wildman–Crippen LogP) is 0.982. The van der Waals surface area contributed by atoms with Gasteiger partial charge in [-0.2, -0.15) is 11.8 Å². The summed E-state index contributed by atoms with van der Waals surface area (Å²) < 4.78 is 0. The summed E-state index contributed by atoms with van der Waals surface area (Å²) in [5.41, 5.74) is 5.03. The molecular formula is C10H20N2OS. The van der Waals surface area contributed by atoms with Crippen molar-refractivity contribution in [2.75, 3.05) is 12.3 Å². The number of nitrogens with two attached hydrogens (primary N) is 1. The van der Waals surface area contributed by atoms with Gasteiger partial charge in [0.05, 0.1) is 0 Å². The summed E-state index contributed by atoms with van der Waals surface area (Å²) in [6.07, 6.45) is 0.862. The molecule has 2 unspecified atom stereocenters. The number of hydrogen-bond acceptors (Lipinski definition) is 3. The Morgan fingerprint density at radius 2 is 2.36 bits per heavy atom. The zero-order chi connectivity index (χ0) is 10.8. The standard InChI is InChI=1S/C10H20N2OS/c1-7(2)6-12-10(9(11)13)4-5-14-8(10)3/h7-8,12H,4-6H2,1-3H3,(H2,11,13). The van der Waals surface area contributed by atoms with Gasteiger partial charge >= 0.3 is 0 Å². The minimum Gasteiger partial charge on any atom is -0.368 e. The minimum absolute atomic E-state index is 0.198. The van der Waals surface area contributed by atoms with Crippen molar-refractivity contribution in [1.29, 1.82) is 0 Å². The summed E-state index contributed by atoms with van der Waals surface area (Å²) in [6, 6.07) is 0. The Bertz CT molecular complexity index is 220. The Balaban J connectivity index is 2.67. The van der Waals surface area contributed by atoms with E-state index in [2.05, 4.69) is 26.1 Å². The maximum atomic E-state index is 11.5. The van der Waals surface area contributed by atoms with Crippen LogP contribution in [0.1, 0.15) is 27.2 Å². The molecule has 0 saturated carbocycles. The molecule has 1 aliphatic rings. The van der Waals surface area contributed by atoms with E-state index in [0.717, 1.165) is 18.7 Å². The molecule has 1 fully saturated rings. The third-order valence-corrected chi connectivity index (χ3v) is 4.17. The summed E-state index contributed by atoms with van der Waals surface area (Å²) in [4.78, 5) is 11.5. The normalized spacial score (nSPS) is 32.4. The third-order valence-electron chi connectivity index (χ3n) is 2.82. The maximum absolute atomic E-state index is 11.5. The van der Waals surface area contributed by atoms with Gasteiger partial charge in [-0.3, -0.25) is 4.79 Å². The average Bonchev–Trinajstić information content (AvgIpc) is 2.44. The number of amides is 1. The van der Waals surface area contributed by atoms with Gasteiger partial charge in [-0.25, -0.2) is 0 Å². The molecule has 1 rings (SSSR count). The minimum atomic E-state index is -0.463. The van der Waals surface area contributed by atoms with Crippen LogP contribution < -0.4 is 11.1 Å². The quantitative estimate of drug-likeness (QED) is 0.736. The van der Waals surface area contributed by atoms with Crippen LogP contribution in [0.3, 0.4) is 0 Å². The predicted molar refractivity (Wildman–Crippen MR) is 61.3 cm³/mol. The molecule has 0 aromatic carbocycles. The van der Waals surface area contributed by atoms with Crippen LogP contribution in [-0.2, 0) is 4.79 Å². The van der Waals surface area contributed by atoms with Gasteiger partial charge in [0.15, 0.2) is 0 Å². The van der Waals surface area contributed by atoms with Gasteiger partial charge in [0.25, 0.3) is 0 Å². The average molecular weight is 216 g/mol. The molecule has 1 amide bonds. The van der Waals surface area contributed by atoms with Crippen LogP contribution in [0.5, 0.6) is 0 Å². The van der Waals surface area contributed by atoms with Crippen molar-refractivity contribution in [2.45, 2.75) is 38.0 Å². The second kappa shape index (κ2) is 4.53. The molecule has 0 radical (unpaired) electrons. The Morgan fingerprint density at radius 1 is 1.71 bits per heavy atom. The van der Waals surface area contributed by atoms with Gasteiger partial charge in [-0.15, -0.1) is 0 Å². The zero-order valence-corrected chi connectivity index (χ0v) is 9.99. The maximum Gasteiger partial charge on any atom is 0.238 e. The van der Waals surface area contributed by atoms with Crippen molar-refractivity contribution in [2.24, 2.45) is 11.7 Å². The molecule has 0 aromatic heterocycles. The monoisotopic (exact) mass is 216 g/mol. The van der Waals surface area contributed by atoms with Crippen molar-refractivity contribution in [3.05, 3.63) is 0 Å². The Hall–Kier alpha value is -0.220. The van der Waals surface area contributed by atoms with E-state index in [1.807, 2.05) is 11.8 Å². The van der Waals surface area contributed by atoms with Crippen LogP contribution in [0.2, 0.25) is 0 Å². The molecule has 1 aliphatic heterocycles. The van der Waals surface area contributed by atoms with E-state index in [0.29, 0.717) is 11.2 Å². The fourth-order valence-corrected chi connectivity index (χ4v) is 3.17. The highest BCUT2D eigenvalue weighted by Crippen LogP contribution is 2.35. The van der Waals surface area contributed by atoms with E-state index in [-0.39, 0.29) is 5.91 Å². The van der Waals surface area contributed by atoms with Gasteiger partial charge in [0.2, 0.25) is 5.91 Å². The summed E-state index contributed by atoms with van der Waals surface area (Å²) >= 11 is 1.82. The van der Waals surface area contributed by atoms with Crippen molar-refractivity contribution >= 4 is 17.7 Å². The highest BCUT2D eigenvalue weighted by molar-refractivity contribution is 8.00. The first-order valence-corrected chi connectivity index (χ1v) is 6.20. The van der Waals surface area contributed by atoms with E-state index < -0.39 is 5.54 Å². The lowest BCUT2D eigenvalue weighted by molar-refractivity contribution is -0.124. The molecular weight excluding hydrogens is 196 g/mol. The Morgan fingerprint density at radius 3 is 2.71 bits per heavy atom. The van der Waals surface area contributed by atoms with E-state index in [1.54, 1.807) is 0 Å². The largest absolute Gasteiger partial charge is 0.368 e. The lowest BCUT2D eigenvalue weighted by Crippen LogP contribution is -2.59. The number of nitrogens with one attached hydrogen (secondary N) is 1. The number of rotatable bonds is 4. The number of carbonyl (C=O) groups excluding carboxylic acids is 1. The van der Waals surface area contributed by atoms with Gasteiger partial charge in [-0.05, 0) is 24.6 Å². The third kappa shape index (κ3) is 2.23. The number of carbonyl (C=O) groups is 1. The van der Waals surface area contributed by atoms with Crippen LogP contribution in [0.15, 0.2) is 0 Å². The van der Waals surface area contributed by atoms with Gasteiger partial charge in [0, 0.05) is 5.25 Å². The molecule has 0 bridgehead atoms. The van der Waals surface area contributed by atoms with Crippen molar-refractivity contribution < 1.29 is 4.79 Å². The molecule has 2 atom stereocenters. The summed E-state index contributed by atoms with van der Waals surface area (Å²) in [5.74, 6) is 1.37. The lowest BCUT2D eigenvalue weighted by atomic mass is 9.91. The van der Waals surface area contributed by atoms with Crippen LogP contribution in [0.4, 0.5) is 0 Å². The van der Waals surface area contributed by atoms with E-state index >= 15 is 0 Å². The van der Waals surface area contributed by atoms with Crippen molar-refractivity contribution in [3.8, 4) is 0 Å². The molecule has 82 valence electrons. The number of thioether (sulfide) groups is 1. The molecule has 0 aliphatic carbocycles. The molecule has 3 nitrogen and oxygen atoms in total. The molecule has 0 aromatic rings. The zero-order valence-electron chi connectivity index (χ0n) is 9.17.